The normalized spacial score (nSPS) is 23.2. The van der Waals surface area contributed by atoms with Crippen molar-refractivity contribution >= 4 is 11.9 Å². The van der Waals surface area contributed by atoms with E-state index in [1.807, 2.05) is 60.7 Å². The molecular weight excluding hydrogens is 476 g/mol. The van der Waals surface area contributed by atoms with Crippen LogP contribution in [0.1, 0.15) is 28.4 Å². The summed E-state index contributed by atoms with van der Waals surface area (Å²) in [6.45, 7) is 1.48. The van der Waals surface area contributed by atoms with Crippen LogP contribution in [0.25, 0.3) is 0 Å². The molecule has 1 N–H and O–H groups in total. The first-order chi connectivity index (χ1) is 18.0. The van der Waals surface area contributed by atoms with Crippen molar-refractivity contribution in [2.24, 2.45) is 0 Å². The molecule has 0 aromatic heterocycles. The molecule has 1 fully saturated rings. The zero-order valence-corrected chi connectivity index (χ0v) is 20.5. The Morgan fingerprint density at radius 1 is 0.757 bits per heavy atom. The number of benzene rings is 3. The summed E-state index contributed by atoms with van der Waals surface area (Å²) in [7, 11) is 0. The molecule has 0 unspecified atom stereocenters. The Hall–Kier alpha value is -3.56. The van der Waals surface area contributed by atoms with Gasteiger partial charge in [-0.05, 0) is 23.3 Å². The van der Waals surface area contributed by atoms with E-state index < -0.39 is 42.6 Å². The van der Waals surface area contributed by atoms with Gasteiger partial charge in [0.15, 0.2) is 12.4 Å². The highest BCUT2D eigenvalue weighted by atomic mass is 16.7. The van der Waals surface area contributed by atoms with Crippen LogP contribution in [0.5, 0.6) is 0 Å². The summed E-state index contributed by atoms with van der Waals surface area (Å²) in [6, 6.07) is 27.4. The third-order valence-electron chi connectivity index (χ3n) is 5.88. The molecule has 0 bridgehead atoms. The van der Waals surface area contributed by atoms with Crippen LogP contribution < -0.4 is 0 Å². The zero-order valence-electron chi connectivity index (χ0n) is 20.5. The van der Waals surface area contributed by atoms with Gasteiger partial charge in [-0.15, -0.1) is 0 Å². The summed E-state index contributed by atoms with van der Waals surface area (Å²) in [5.41, 5.74) is 2.11. The van der Waals surface area contributed by atoms with Crippen molar-refractivity contribution in [3.8, 4) is 0 Å². The van der Waals surface area contributed by atoms with E-state index in [-0.39, 0.29) is 19.8 Å². The van der Waals surface area contributed by atoms with Crippen molar-refractivity contribution < 1.29 is 38.4 Å². The summed E-state index contributed by atoms with van der Waals surface area (Å²) in [5.74, 6) is -1.14. The van der Waals surface area contributed by atoms with Crippen molar-refractivity contribution in [3.63, 3.8) is 0 Å². The molecule has 5 atom stereocenters. The first-order valence-corrected chi connectivity index (χ1v) is 12.0. The van der Waals surface area contributed by atoms with Gasteiger partial charge in [0.05, 0.1) is 18.8 Å². The number of aliphatic hydroxyl groups excluding tert-OH is 1. The van der Waals surface area contributed by atoms with Crippen molar-refractivity contribution in [3.05, 3.63) is 108 Å². The van der Waals surface area contributed by atoms with Crippen LogP contribution >= 0.6 is 0 Å². The monoisotopic (exact) mass is 506 g/mol. The average molecular weight is 507 g/mol. The van der Waals surface area contributed by atoms with Gasteiger partial charge in [0.1, 0.15) is 24.9 Å². The first-order valence-electron chi connectivity index (χ1n) is 12.0. The molecule has 1 heterocycles. The molecule has 8 nitrogen and oxygen atoms in total. The fourth-order valence-electron chi connectivity index (χ4n) is 4.04. The molecule has 3 aromatic carbocycles. The highest BCUT2D eigenvalue weighted by Gasteiger charge is 2.49. The predicted octanol–water partition coefficient (Wildman–Crippen LogP) is 3.66. The van der Waals surface area contributed by atoms with Crippen LogP contribution in [-0.4, -0.2) is 54.4 Å². The highest BCUT2D eigenvalue weighted by molar-refractivity contribution is 5.89. The van der Waals surface area contributed by atoms with E-state index in [0.29, 0.717) is 5.56 Å². The van der Waals surface area contributed by atoms with E-state index in [1.165, 1.54) is 6.92 Å². The third kappa shape index (κ3) is 7.47. The van der Waals surface area contributed by atoms with E-state index in [9.17, 15) is 14.7 Å². The Bertz CT molecular complexity index is 1120. The summed E-state index contributed by atoms with van der Waals surface area (Å²) in [6.07, 6.45) is -5.37. The predicted molar refractivity (Wildman–Crippen MR) is 133 cm³/mol. The molecule has 37 heavy (non-hydrogen) atoms. The van der Waals surface area contributed by atoms with Crippen LogP contribution in [-0.2, 0) is 41.7 Å². The molecule has 0 radical (unpaired) electrons. The summed E-state index contributed by atoms with van der Waals surface area (Å²) >= 11 is 0. The number of rotatable bonds is 10. The fourth-order valence-corrected chi connectivity index (χ4v) is 4.04. The van der Waals surface area contributed by atoms with Gasteiger partial charge in [0.25, 0.3) is 0 Å². The van der Waals surface area contributed by atoms with Crippen molar-refractivity contribution in [1.29, 1.82) is 0 Å². The number of carbonyl (C=O) groups excluding carboxylic acids is 2. The summed E-state index contributed by atoms with van der Waals surface area (Å²) < 4.78 is 29.2. The standard InChI is InChI=1S/C29H30O8/c1-20(30)33-19-24-25(34-17-21-11-5-2-6-12-21)26(35-18-22-13-7-3-8-14-22)27(29(32)36-24)37-28(31)23-15-9-4-10-16-23/h2-16,24-27,29,32H,17-19H2,1H3/t24-,25-,26+,27+,29+/m1/s1. The van der Waals surface area contributed by atoms with Crippen LogP contribution in [0.15, 0.2) is 91.0 Å². The minimum Gasteiger partial charge on any atom is -0.463 e. The molecule has 1 saturated heterocycles. The Labute approximate surface area is 215 Å². The maximum atomic E-state index is 12.9. The van der Waals surface area contributed by atoms with E-state index in [2.05, 4.69) is 0 Å². The van der Waals surface area contributed by atoms with Gasteiger partial charge < -0.3 is 28.8 Å². The minimum atomic E-state index is -1.54. The van der Waals surface area contributed by atoms with E-state index in [0.717, 1.165) is 11.1 Å². The second-order valence-electron chi connectivity index (χ2n) is 8.63. The molecule has 0 aliphatic carbocycles. The maximum Gasteiger partial charge on any atom is 0.338 e. The molecule has 0 saturated carbocycles. The number of esters is 2. The quantitative estimate of drug-likeness (QED) is 0.416. The van der Waals surface area contributed by atoms with Gasteiger partial charge in [-0.25, -0.2) is 4.79 Å². The van der Waals surface area contributed by atoms with Gasteiger partial charge >= 0.3 is 11.9 Å². The smallest absolute Gasteiger partial charge is 0.338 e. The average Bonchev–Trinajstić information content (AvgIpc) is 2.93. The van der Waals surface area contributed by atoms with Crippen molar-refractivity contribution in [1.82, 2.24) is 0 Å². The molecule has 8 heteroatoms. The van der Waals surface area contributed by atoms with Gasteiger partial charge in [-0.2, -0.15) is 0 Å². The number of carbonyl (C=O) groups is 2. The summed E-state index contributed by atoms with van der Waals surface area (Å²) in [5, 5.41) is 10.9. The van der Waals surface area contributed by atoms with Gasteiger partial charge in [0, 0.05) is 6.92 Å². The molecule has 3 aromatic rings. The molecule has 1 aliphatic heterocycles. The maximum absolute atomic E-state index is 12.9. The van der Waals surface area contributed by atoms with Crippen molar-refractivity contribution in [2.75, 3.05) is 6.61 Å². The van der Waals surface area contributed by atoms with Crippen LogP contribution in [0.3, 0.4) is 0 Å². The third-order valence-corrected chi connectivity index (χ3v) is 5.88. The first kappa shape index (κ1) is 26.5. The Morgan fingerprint density at radius 2 is 1.27 bits per heavy atom. The molecule has 1 aliphatic rings. The van der Waals surface area contributed by atoms with Crippen LogP contribution in [0.4, 0.5) is 0 Å². The SMILES string of the molecule is CC(=O)OC[C@H]1O[C@H](O)[C@@H](OC(=O)c2ccccc2)[C@@H](OCc2ccccc2)[C@@H]1OCc1ccccc1. The Balaban J connectivity index is 1.61. The second-order valence-corrected chi connectivity index (χ2v) is 8.63. The van der Waals surface area contributed by atoms with E-state index in [1.54, 1.807) is 30.3 Å². The number of hydrogen-bond acceptors (Lipinski definition) is 8. The number of ether oxygens (including phenoxy) is 5. The molecule has 0 spiro atoms. The lowest BCUT2D eigenvalue weighted by atomic mass is 9.98. The summed E-state index contributed by atoms with van der Waals surface area (Å²) in [4.78, 5) is 24.4. The van der Waals surface area contributed by atoms with Crippen molar-refractivity contribution in [2.45, 2.75) is 50.8 Å². The molecule has 0 amide bonds. The number of aliphatic hydroxyl groups is 1. The van der Waals surface area contributed by atoms with Gasteiger partial charge in [-0.1, -0.05) is 78.9 Å². The topological polar surface area (TPSA) is 101 Å². The lowest BCUT2D eigenvalue weighted by Gasteiger charge is -2.43. The van der Waals surface area contributed by atoms with E-state index >= 15 is 0 Å². The second kappa shape index (κ2) is 13.1. The lowest BCUT2D eigenvalue weighted by Crippen LogP contribution is -2.61. The molecule has 194 valence electrons. The molecular formula is C29H30O8. The van der Waals surface area contributed by atoms with Crippen LogP contribution in [0.2, 0.25) is 0 Å². The Kier molecular flexibility index (Phi) is 9.40. The number of hydrogen-bond donors (Lipinski definition) is 1. The molecule has 4 rings (SSSR count). The fraction of sp³-hybridized carbons (Fsp3) is 0.310. The zero-order chi connectivity index (χ0) is 26.0. The lowest BCUT2D eigenvalue weighted by molar-refractivity contribution is -0.304. The van der Waals surface area contributed by atoms with E-state index in [4.69, 9.17) is 23.7 Å². The van der Waals surface area contributed by atoms with Gasteiger partial charge in [-0.3, -0.25) is 4.79 Å². The largest absolute Gasteiger partial charge is 0.463 e. The Morgan fingerprint density at radius 3 is 1.81 bits per heavy atom. The van der Waals surface area contributed by atoms with Gasteiger partial charge in [0.2, 0.25) is 0 Å². The highest BCUT2D eigenvalue weighted by Crippen LogP contribution is 2.30. The van der Waals surface area contributed by atoms with Crippen LogP contribution in [0, 0.1) is 0 Å². The minimum absolute atomic E-state index is 0.170.